The molecule has 0 bridgehead atoms. The summed E-state index contributed by atoms with van der Waals surface area (Å²) in [5, 5.41) is 2.52. The third-order valence-electron chi connectivity index (χ3n) is 2.16. The van der Waals surface area contributed by atoms with Crippen molar-refractivity contribution in [3.8, 4) is 18.1 Å². The van der Waals surface area contributed by atoms with Crippen molar-refractivity contribution < 1.29 is 9.53 Å². The van der Waals surface area contributed by atoms with Crippen LogP contribution in [0.1, 0.15) is 18.5 Å². The van der Waals surface area contributed by atoms with Gasteiger partial charge in [-0.2, -0.15) is 0 Å². The second kappa shape index (κ2) is 6.56. The monoisotopic (exact) mass is 232 g/mol. The maximum Gasteiger partial charge on any atom is 0.258 e. The molecule has 17 heavy (non-hydrogen) atoms. The van der Waals surface area contributed by atoms with Crippen LogP contribution in [0.3, 0.4) is 0 Å². The van der Waals surface area contributed by atoms with Crippen molar-refractivity contribution in [2.75, 3.05) is 13.2 Å². The number of nitrogens with one attached hydrogen (secondary N) is 1. The number of carbonyl (C=O) groups is 1. The van der Waals surface area contributed by atoms with E-state index in [0.29, 0.717) is 5.75 Å². The van der Waals surface area contributed by atoms with E-state index >= 15 is 0 Å². The summed E-state index contributed by atoms with van der Waals surface area (Å²) < 4.78 is 5.40. The van der Waals surface area contributed by atoms with Crippen molar-refractivity contribution in [1.82, 2.24) is 5.32 Å². The number of hydrogen-bond donors (Lipinski definition) is 2. The molecule has 0 aromatic heterocycles. The molecule has 1 aromatic carbocycles. The highest BCUT2D eigenvalue weighted by molar-refractivity contribution is 5.77. The Morgan fingerprint density at radius 1 is 1.59 bits per heavy atom. The molecular weight excluding hydrogens is 216 g/mol. The number of para-hydroxylation sites is 1. The van der Waals surface area contributed by atoms with E-state index in [1.807, 2.05) is 25.1 Å². The Balaban J connectivity index is 2.57. The third kappa shape index (κ3) is 4.17. The zero-order chi connectivity index (χ0) is 12.7. The fourth-order valence-corrected chi connectivity index (χ4v) is 1.33. The van der Waals surface area contributed by atoms with Crippen LogP contribution in [0.4, 0.5) is 0 Å². The minimum Gasteiger partial charge on any atom is -0.483 e. The molecule has 0 saturated carbocycles. The van der Waals surface area contributed by atoms with Gasteiger partial charge in [0, 0.05) is 11.6 Å². The van der Waals surface area contributed by atoms with Crippen molar-refractivity contribution in [2.24, 2.45) is 5.73 Å². The van der Waals surface area contributed by atoms with Crippen LogP contribution in [0.2, 0.25) is 0 Å². The van der Waals surface area contributed by atoms with Crippen molar-refractivity contribution in [3.05, 3.63) is 29.8 Å². The topological polar surface area (TPSA) is 64.3 Å². The molecule has 0 aliphatic heterocycles. The first kappa shape index (κ1) is 13.1. The average Bonchev–Trinajstić information content (AvgIpc) is 2.34. The number of ether oxygens (including phenoxy) is 1. The minimum absolute atomic E-state index is 0.0641. The van der Waals surface area contributed by atoms with Gasteiger partial charge in [0.1, 0.15) is 5.75 Å². The Bertz CT molecular complexity index is 422. The Labute approximate surface area is 101 Å². The highest BCUT2D eigenvalue weighted by atomic mass is 16.5. The molecule has 4 nitrogen and oxygen atoms in total. The number of hydrogen-bond acceptors (Lipinski definition) is 3. The molecule has 0 aliphatic carbocycles. The lowest BCUT2D eigenvalue weighted by Crippen LogP contribution is -2.29. The van der Waals surface area contributed by atoms with E-state index in [-0.39, 0.29) is 25.1 Å². The second-order valence-electron chi connectivity index (χ2n) is 3.60. The number of terminal acetylenes is 1. The van der Waals surface area contributed by atoms with E-state index in [2.05, 4.69) is 11.2 Å². The molecule has 0 fully saturated rings. The molecule has 90 valence electrons. The summed E-state index contributed by atoms with van der Waals surface area (Å²) in [6, 6.07) is 7.23. The smallest absolute Gasteiger partial charge is 0.258 e. The molecule has 1 amide bonds. The quantitative estimate of drug-likeness (QED) is 0.739. The highest BCUT2D eigenvalue weighted by Gasteiger charge is 2.08. The Morgan fingerprint density at radius 3 is 2.94 bits per heavy atom. The molecule has 1 rings (SSSR count). The largest absolute Gasteiger partial charge is 0.483 e. The number of nitrogens with two attached hydrogens (primary N) is 1. The molecule has 3 N–H and O–H groups in total. The predicted octanol–water partition coefficient (Wildman–Crippen LogP) is 0.834. The Kier molecular flexibility index (Phi) is 5.05. The molecule has 0 heterocycles. The van der Waals surface area contributed by atoms with Crippen LogP contribution in [0.15, 0.2) is 24.3 Å². The Morgan fingerprint density at radius 2 is 2.29 bits per heavy atom. The number of rotatable bonds is 5. The maximum absolute atomic E-state index is 11.3. The number of amides is 1. The van der Waals surface area contributed by atoms with E-state index in [1.54, 1.807) is 6.07 Å². The molecule has 0 saturated heterocycles. The fraction of sp³-hybridized carbons (Fsp3) is 0.308. The van der Waals surface area contributed by atoms with Gasteiger partial charge in [-0.05, 0) is 13.0 Å². The minimum atomic E-state index is -0.248. The lowest BCUT2D eigenvalue weighted by molar-refractivity contribution is -0.122. The predicted molar refractivity (Wildman–Crippen MR) is 66.4 cm³/mol. The lowest BCUT2D eigenvalue weighted by Gasteiger charge is -2.13. The van der Waals surface area contributed by atoms with Crippen molar-refractivity contribution in [2.45, 2.75) is 13.0 Å². The third-order valence-corrected chi connectivity index (χ3v) is 2.16. The molecule has 0 spiro atoms. The van der Waals surface area contributed by atoms with Gasteiger partial charge in [0.15, 0.2) is 6.61 Å². The number of carbonyl (C=O) groups excluding carboxylic acids is 1. The molecule has 0 radical (unpaired) electrons. The first-order valence-corrected chi connectivity index (χ1v) is 5.32. The van der Waals surface area contributed by atoms with Crippen molar-refractivity contribution in [1.29, 1.82) is 0 Å². The number of benzene rings is 1. The van der Waals surface area contributed by atoms with Crippen LogP contribution in [-0.2, 0) is 4.79 Å². The summed E-state index contributed by atoms with van der Waals surface area (Å²) >= 11 is 0. The van der Waals surface area contributed by atoms with Crippen LogP contribution in [0.5, 0.6) is 5.75 Å². The van der Waals surface area contributed by atoms with E-state index in [0.717, 1.165) is 5.56 Å². The molecule has 4 heteroatoms. The van der Waals surface area contributed by atoms with Gasteiger partial charge in [-0.3, -0.25) is 4.79 Å². The summed E-state index contributed by atoms with van der Waals surface area (Å²) in [4.78, 5) is 11.3. The van der Waals surface area contributed by atoms with Gasteiger partial charge in [-0.1, -0.05) is 24.1 Å². The van der Waals surface area contributed by atoms with Crippen LogP contribution >= 0.6 is 0 Å². The van der Waals surface area contributed by atoms with E-state index in [4.69, 9.17) is 16.9 Å². The van der Waals surface area contributed by atoms with Gasteiger partial charge in [0.05, 0.1) is 6.54 Å². The molecule has 0 aliphatic rings. The second-order valence-corrected chi connectivity index (χ2v) is 3.60. The molecule has 1 atom stereocenters. The summed E-state index contributed by atoms with van der Waals surface area (Å²) in [7, 11) is 0. The summed E-state index contributed by atoms with van der Waals surface area (Å²) in [6.07, 6.45) is 5.03. The van der Waals surface area contributed by atoms with Gasteiger partial charge in [0.25, 0.3) is 5.91 Å². The van der Waals surface area contributed by atoms with Gasteiger partial charge < -0.3 is 15.8 Å². The normalized spacial score (nSPS) is 11.4. The first-order chi connectivity index (χ1) is 8.15. The average molecular weight is 232 g/mol. The van der Waals surface area contributed by atoms with E-state index < -0.39 is 0 Å². The van der Waals surface area contributed by atoms with E-state index in [9.17, 15) is 4.79 Å². The highest BCUT2D eigenvalue weighted by Crippen LogP contribution is 2.22. The fourth-order valence-electron chi connectivity index (χ4n) is 1.33. The standard InChI is InChI=1S/C13H16N2O2/c1-3-8-15-13(16)9-17-12-7-5-4-6-11(12)10(2)14/h1,4-7,10H,8-9,14H2,2H3,(H,15,16)/t10-/m1/s1. The molecular formula is C13H16N2O2. The van der Waals surface area contributed by atoms with Gasteiger partial charge in [-0.15, -0.1) is 6.42 Å². The van der Waals surface area contributed by atoms with Gasteiger partial charge in [0.2, 0.25) is 0 Å². The zero-order valence-electron chi connectivity index (χ0n) is 9.77. The van der Waals surface area contributed by atoms with Crippen LogP contribution in [0.25, 0.3) is 0 Å². The summed E-state index contributed by atoms with van der Waals surface area (Å²) in [5.41, 5.74) is 6.67. The van der Waals surface area contributed by atoms with Crippen LogP contribution in [-0.4, -0.2) is 19.1 Å². The SMILES string of the molecule is C#CCNC(=O)COc1ccccc1[C@@H](C)N. The van der Waals surface area contributed by atoms with Crippen molar-refractivity contribution >= 4 is 5.91 Å². The van der Waals surface area contributed by atoms with Crippen molar-refractivity contribution in [3.63, 3.8) is 0 Å². The van der Waals surface area contributed by atoms with Gasteiger partial charge >= 0.3 is 0 Å². The molecule has 0 unspecified atom stereocenters. The first-order valence-electron chi connectivity index (χ1n) is 5.32. The summed E-state index contributed by atoms with van der Waals surface area (Å²) in [6.45, 7) is 2.00. The zero-order valence-corrected chi connectivity index (χ0v) is 9.77. The summed E-state index contributed by atoms with van der Waals surface area (Å²) in [5.74, 6) is 2.69. The lowest BCUT2D eigenvalue weighted by atomic mass is 10.1. The molecule has 1 aromatic rings. The van der Waals surface area contributed by atoms with Gasteiger partial charge in [-0.25, -0.2) is 0 Å². The van der Waals surface area contributed by atoms with Crippen LogP contribution in [0, 0.1) is 12.3 Å². The maximum atomic E-state index is 11.3. The van der Waals surface area contributed by atoms with E-state index in [1.165, 1.54) is 0 Å². The Hall–Kier alpha value is -1.99. The van der Waals surface area contributed by atoms with Crippen LogP contribution < -0.4 is 15.8 Å².